The van der Waals surface area contributed by atoms with Gasteiger partial charge in [0.2, 0.25) is 0 Å². The van der Waals surface area contributed by atoms with Crippen molar-refractivity contribution in [2.75, 3.05) is 0 Å². The minimum atomic E-state index is -1.44. The topological polar surface area (TPSA) is 145 Å². The van der Waals surface area contributed by atoms with E-state index in [0.717, 1.165) is 41.3 Å². The number of aliphatic carboxylic acids is 1. The van der Waals surface area contributed by atoms with E-state index in [9.17, 15) is 24.6 Å². The van der Waals surface area contributed by atoms with Crippen LogP contribution in [0.5, 0.6) is 11.5 Å². The summed E-state index contributed by atoms with van der Waals surface area (Å²) >= 11 is 0. The average molecular weight is 490 g/mol. The number of rotatable bonds is 7. The molecule has 9 heteroatoms. The van der Waals surface area contributed by atoms with Gasteiger partial charge in [-0.2, -0.15) is 0 Å². The van der Waals surface area contributed by atoms with Crippen LogP contribution in [0.25, 0.3) is 21.9 Å². The van der Waals surface area contributed by atoms with E-state index >= 15 is 0 Å². The molecule has 4 aromatic rings. The molecule has 2 aromatic carbocycles. The summed E-state index contributed by atoms with van der Waals surface area (Å²) in [5.74, 6) is -1.71. The fourth-order valence-electron chi connectivity index (χ4n) is 4.79. The van der Waals surface area contributed by atoms with E-state index < -0.39 is 24.0 Å². The molecule has 0 spiro atoms. The number of aromatic hydroxyl groups is 1. The average Bonchev–Trinajstić information content (AvgIpc) is 3.25. The molecule has 1 amide bonds. The molecule has 2 heterocycles. The third-order valence-corrected chi connectivity index (χ3v) is 6.65. The maximum atomic E-state index is 12.8. The predicted octanol–water partition coefficient (Wildman–Crippen LogP) is 2.10. The molecule has 0 unspecified atom stereocenters. The summed E-state index contributed by atoms with van der Waals surface area (Å²) in [6.07, 6.45) is 4.07. The molecule has 0 fully saturated rings. The number of H-pyrrole nitrogens is 1. The van der Waals surface area contributed by atoms with E-state index in [-0.39, 0.29) is 17.8 Å². The minimum absolute atomic E-state index is 0.0452. The molecule has 0 bridgehead atoms. The molecule has 1 aliphatic rings. The van der Waals surface area contributed by atoms with Crippen molar-refractivity contribution in [3.05, 3.63) is 69.7 Å². The molecule has 36 heavy (non-hydrogen) atoms. The van der Waals surface area contributed by atoms with Gasteiger partial charge in [-0.05, 0) is 74.1 Å². The van der Waals surface area contributed by atoms with Crippen molar-refractivity contribution in [2.24, 2.45) is 0 Å². The number of carboxylic acids is 1. The van der Waals surface area contributed by atoms with Gasteiger partial charge in [0.1, 0.15) is 17.1 Å². The first-order valence-corrected chi connectivity index (χ1v) is 11.9. The Morgan fingerprint density at radius 1 is 1.14 bits per heavy atom. The normalized spacial score (nSPS) is 14.8. The van der Waals surface area contributed by atoms with E-state index in [2.05, 4.69) is 10.3 Å². The first kappa shape index (κ1) is 23.5. The van der Waals surface area contributed by atoms with Gasteiger partial charge < -0.3 is 34.5 Å². The van der Waals surface area contributed by atoms with E-state index in [1.165, 1.54) is 19.1 Å². The van der Waals surface area contributed by atoms with Crippen LogP contribution in [0.3, 0.4) is 0 Å². The van der Waals surface area contributed by atoms with Gasteiger partial charge in [0, 0.05) is 40.5 Å². The van der Waals surface area contributed by atoms with Crippen molar-refractivity contribution < 1.29 is 29.0 Å². The molecule has 2 aromatic heterocycles. The number of carbonyl (C=O) groups excluding carboxylic acids is 2. The summed E-state index contributed by atoms with van der Waals surface area (Å²) in [5.41, 5.74) is 3.12. The molecule has 5 rings (SSSR count). The highest BCUT2D eigenvalue weighted by molar-refractivity contribution is 5.88. The van der Waals surface area contributed by atoms with Gasteiger partial charge in [-0.1, -0.05) is 0 Å². The highest BCUT2D eigenvalue weighted by atomic mass is 16.5. The quantitative estimate of drug-likeness (QED) is 0.337. The number of hydrogen-bond acceptors (Lipinski definition) is 7. The lowest BCUT2D eigenvalue weighted by atomic mass is 9.91. The van der Waals surface area contributed by atoms with Crippen LogP contribution >= 0.6 is 0 Å². The number of hydrogen-bond donors (Lipinski definition) is 3. The lowest BCUT2D eigenvalue weighted by Gasteiger charge is -2.22. The molecule has 9 nitrogen and oxygen atoms in total. The zero-order valence-corrected chi connectivity index (χ0v) is 19.6. The molecule has 0 aliphatic heterocycles. The summed E-state index contributed by atoms with van der Waals surface area (Å²) in [6.45, 7) is 1.50. The number of phenols is 1. The van der Waals surface area contributed by atoms with Gasteiger partial charge in [-0.25, -0.2) is 4.79 Å². The second-order valence-corrected chi connectivity index (χ2v) is 9.10. The largest absolute Gasteiger partial charge is 0.548 e. The Kier molecular flexibility index (Phi) is 6.13. The van der Waals surface area contributed by atoms with Crippen LogP contribution in [0.4, 0.5) is 0 Å². The van der Waals surface area contributed by atoms with E-state index in [0.29, 0.717) is 28.7 Å². The van der Waals surface area contributed by atoms with Gasteiger partial charge >= 0.3 is 5.63 Å². The Balaban J connectivity index is 1.31. The maximum Gasteiger partial charge on any atom is 0.339 e. The third-order valence-electron chi connectivity index (χ3n) is 6.65. The second kappa shape index (κ2) is 9.41. The molecule has 3 N–H and O–H groups in total. The zero-order chi connectivity index (χ0) is 25.4. The summed E-state index contributed by atoms with van der Waals surface area (Å²) in [4.78, 5) is 39.9. The number of carbonyl (C=O) groups is 2. The number of aromatic nitrogens is 1. The Hall–Kier alpha value is -4.27. The standard InChI is InChI=1S/C27H26N2O7/c1-14(35-17-7-8-19-18-4-2-3-5-20(18)27(34)36-24(19)12-17)25(31)29-23(26(32)33)10-15-13-28-22-9-6-16(30)11-21(15)22/h6-9,11-14,23,28,30H,2-5,10H2,1H3,(H,29,31)(H,32,33)/p-1/t14-,23-/m0/s1. The van der Waals surface area contributed by atoms with Crippen LogP contribution in [0.15, 0.2) is 51.8 Å². The number of ether oxygens (including phenoxy) is 1. The van der Waals surface area contributed by atoms with Crippen molar-refractivity contribution in [3.63, 3.8) is 0 Å². The predicted molar refractivity (Wildman–Crippen MR) is 130 cm³/mol. The zero-order valence-electron chi connectivity index (χ0n) is 19.6. The number of benzene rings is 2. The number of aromatic amines is 1. The fraction of sp³-hybridized carbons (Fsp3) is 0.296. The lowest BCUT2D eigenvalue weighted by molar-refractivity contribution is -0.308. The molecular formula is C27H25N2O7-. The number of aryl methyl sites for hydroxylation is 1. The fourth-order valence-corrected chi connectivity index (χ4v) is 4.79. The Morgan fingerprint density at radius 3 is 2.69 bits per heavy atom. The van der Waals surface area contributed by atoms with Crippen molar-refractivity contribution in [3.8, 4) is 11.5 Å². The van der Waals surface area contributed by atoms with Gasteiger partial charge in [0.25, 0.3) is 5.91 Å². The van der Waals surface area contributed by atoms with Crippen molar-refractivity contribution >= 4 is 33.7 Å². The highest BCUT2D eigenvalue weighted by Gasteiger charge is 2.23. The molecule has 0 radical (unpaired) electrons. The Morgan fingerprint density at radius 2 is 1.92 bits per heavy atom. The van der Waals surface area contributed by atoms with Crippen molar-refractivity contribution in [2.45, 2.75) is 51.2 Å². The van der Waals surface area contributed by atoms with E-state index in [1.54, 1.807) is 24.4 Å². The van der Waals surface area contributed by atoms with Crippen LogP contribution in [0.2, 0.25) is 0 Å². The number of fused-ring (bicyclic) bond motifs is 4. The first-order chi connectivity index (χ1) is 17.3. The molecule has 0 saturated carbocycles. The molecular weight excluding hydrogens is 464 g/mol. The summed E-state index contributed by atoms with van der Waals surface area (Å²) in [5, 5.41) is 25.5. The summed E-state index contributed by atoms with van der Waals surface area (Å²) < 4.78 is 11.2. The SMILES string of the molecule is C[C@H](Oc1ccc2c3c(c(=O)oc2c1)CCCC3)C(=O)N[C@@H](Cc1c[nH]c2ccc(O)cc12)C(=O)[O-]. The summed E-state index contributed by atoms with van der Waals surface area (Å²) in [7, 11) is 0. The van der Waals surface area contributed by atoms with E-state index in [1.807, 2.05) is 6.07 Å². The Labute approximate surface area is 205 Å². The monoisotopic (exact) mass is 489 g/mol. The lowest BCUT2D eigenvalue weighted by Crippen LogP contribution is -2.52. The number of phenolic OH excluding ortho intramolecular Hbond substituents is 1. The second-order valence-electron chi connectivity index (χ2n) is 9.10. The smallest absolute Gasteiger partial charge is 0.339 e. The number of nitrogens with one attached hydrogen (secondary N) is 2. The van der Waals surface area contributed by atoms with Crippen LogP contribution in [0.1, 0.15) is 36.5 Å². The number of amides is 1. The van der Waals surface area contributed by atoms with Crippen LogP contribution < -0.4 is 20.8 Å². The van der Waals surface area contributed by atoms with Crippen LogP contribution in [0, 0.1) is 0 Å². The number of carboxylic acid groups (broad SMARTS) is 1. The van der Waals surface area contributed by atoms with Gasteiger partial charge in [-0.3, -0.25) is 4.79 Å². The van der Waals surface area contributed by atoms with Crippen molar-refractivity contribution in [1.82, 2.24) is 10.3 Å². The van der Waals surface area contributed by atoms with Crippen LogP contribution in [-0.2, 0) is 28.9 Å². The summed E-state index contributed by atoms with van der Waals surface area (Å²) in [6, 6.07) is 8.50. The minimum Gasteiger partial charge on any atom is -0.548 e. The van der Waals surface area contributed by atoms with Crippen molar-refractivity contribution in [1.29, 1.82) is 0 Å². The van der Waals surface area contributed by atoms with Gasteiger partial charge in [0.15, 0.2) is 6.10 Å². The third kappa shape index (κ3) is 4.51. The van der Waals surface area contributed by atoms with Gasteiger partial charge in [0.05, 0.1) is 12.0 Å². The van der Waals surface area contributed by atoms with Crippen LogP contribution in [-0.4, -0.2) is 34.1 Å². The molecule has 0 saturated heterocycles. The van der Waals surface area contributed by atoms with E-state index in [4.69, 9.17) is 9.15 Å². The van der Waals surface area contributed by atoms with Gasteiger partial charge in [-0.15, -0.1) is 0 Å². The molecule has 1 aliphatic carbocycles. The maximum absolute atomic E-state index is 12.8. The molecule has 186 valence electrons. The highest BCUT2D eigenvalue weighted by Crippen LogP contribution is 2.29. The Bertz CT molecular complexity index is 1530. The first-order valence-electron chi connectivity index (χ1n) is 11.9. The molecule has 2 atom stereocenters.